The standard InChI is InChI=1S/C14H15FN2OS/c1-9-13(17-10(2)19-9)14(18)16-8-7-11-3-5-12(15)6-4-11/h3-6H,7-8H2,1-2H3,(H,16,18). The Morgan fingerprint density at radius 2 is 2.00 bits per heavy atom. The molecule has 0 saturated heterocycles. The van der Waals surface area contributed by atoms with E-state index in [0.29, 0.717) is 18.7 Å². The molecule has 2 rings (SSSR count). The zero-order chi connectivity index (χ0) is 13.8. The van der Waals surface area contributed by atoms with Crippen molar-refractivity contribution in [3.8, 4) is 0 Å². The molecule has 0 atom stereocenters. The fraction of sp³-hybridized carbons (Fsp3) is 0.286. The number of thiazole rings is 1. The van der Waals surface area contributed by atoms with E-state index in [-0.39, 0.29) is 11.7 Å². The molecule has 1 aromatic heterocycles. The molecule has 5 heteroatoms. The Morgan fingerprint density at radius 1 is 1.32 bits per heavy atom. The van der Waals surface area contributed by atoms with Crippen molar-refractivity contribution in [2.45, 2.75) is 20.3 Å². The van der Waals surface area contributed by atoms with E-state index >= 15 is 0 Å². The number of amides is 1. The predicted molar refractivity (Wildman–Crippen MR) is 74.0 cm³/mol. The van der Waals surface area contributed by atoms with Crippen LogP contribution in [0.3, 0.4) is 0 Å². The van der Waals surface area contributed by atoms with E-state index < -0.39 is 0 Å². The van der Waals surface area contributed by atoms with Crippen LogP contribution < -0.4 is 5.32 Å². The van der Waals surface area contributed by atoms with Crippen LogP contribution >= 0.6 is 11.3 Å². The minimum Gasteiger partial charge on any atom is -0.350 e. The molecule has 0 fully saturated rings. The first kappa shape index (κ1) is 13.7. The predicted octanol–water partition coefficient (Wildman–Crippen LogP) is 2.87. The highest BCUT2D eigenvalue weighted by Gasteiger charge is 2.12. The maximum atomic E-state index is 12.7. The largest absolute Gasteiger partial charge is 0.350 e. The lowest BCUT2D eigenvalue weighted by molar-refractivity contribution is 0.0949. The maximum absolute atomic E-state index is 12.7. The van der Waals surface area contributed by atoms with E-state index in [1.807, 2.05) is 13.8 Å². The molecule has 19 heavy (non-hydrogen) atoms. The second-order valence-corrected chi connectivity index (χ2v) is 5.68. The first-order valence-electron chi connectivity index (χ1n) is 6.03. The van der Waals surface area contributed by atoms with Gasteiger partial charge in [-0.2, -0.15) is 0 Å². The lowest BCUT2D eigenvalue weighted by atomic mass is 10.1. The van der Waals surface area contributed by atoms with Crippen molar-refractivity contribution in [2.24, 2.45) is 0 Å². The molecule has 1 N–H and O–H groups in total. The van der Waals surface area contributed by atoms with Gasteiger partial charge in [-0.05, 0) is 38.0 Å². The number of carbonyl (C=O) groups excluding carboxylic acids is 1. The van der Waals surface area contributed by atoms with E-state index in [1.165, 1.54) is 23.5 Å². The highest BCUT2D eigenvalue weighted by atomic mass is 32.1. The second-order valence-electron chi connectivity index (χ2n) is 4.27. The third-order valence-corrected chi connectivity index (χ3v) is 3.62. The van der Waals surface area contributed by atoms with Crippen molar-refractivity contribution < 1.29 is 9.18 Å². The number of carbonyl (C=O) groups is 1. The summed E-state index contributed by atoms with van der Waals surface area (Å²) in [5, 5.41) is 3.72. The molecule has 1 aromatic carbocycles. The molecule has 0 aliphatic rings. The lowest BCUT2D eigenvalue weighted by Gasteiger charge is -2.04. The molecule has 2 aromatic rings. The van der Waals surface area contributed by atoms with Crippen molar-refractivity contribution >= 4 is 17.2 Å². The molecular formula is C14H15FN2OS. The molecule has 1 heterocycles. The Hall–Kier alpha value is -1.75. The summed E-state index contributed by atoms with van der Waals surface area (Å²) in [6, 6.07) is 6.29. The van der Waals surface area contributed by atoms with E-state index in [1.54, 1.807) is 12.1 Å². The number of aromatic nitrogens is 1. The van der Waals surface area contributed by atoms with Gasteiger partial charge in [-0.1, -0.05) is 12.1 Å². The number of aryl methyl sites for hydroxylation is 2. The number of rotatable bonds is 4. The van der Waals surface area contributed by atoms with Gasteiger partial charge in [0.25, 0.3) is 5.91 Å². The molecule has 1 amide bonds. The van der Waals surface area contributed by atoms with Crippen LogP contribution in [0.1, 0.15) is 25.9 Å². The molecule has 0 saturated carbocycles. The van der Waals surface area contributed by atoms with E-state index in [9.17, 15) is 9.18 Å². The molecule has 0 bridgehead atoms. The molecule has 100 valence electrons. The molecule has 3 nitrogen and oxygen atoms in total. The van der Waals surface area contributed by atoms with Gasteiger partial charge in [0.2, 0.25) is 0 Å². The van der Waals surface area contributed by atoms with Crippen LogP contribution in [-0.2, 0) is 6.42 Å². The van der Waals surface area contributed by atoms with Gasteiger partial charge < -0.3 is 5.32 Å². The van der Waals surface area contributed by atoms with Gasteiger partial charge >= 0.3 is 0 Å². The van der Waals surface area contributed by atoms with Gasteiger partial charge in [0.1, 0.15) is 11.5 Å². The van der Waals surface area contributed by atoms with Crippen molar-refractivity contribution in [1.29, 1.82) is 0 Å². The van der Waals surface area contributed by atoms with Crippen molar-refractivity contribution in [3.05, 3.63) is 51.2 Å². The Labute approximate surface area is 115 Å². The average Bonchev–Trinajstić information content (AvgIpc) is 2.71. The summed E-state index contributed by atoms with van der Waals surface area (Å²) in [6.45, 7) is 4.28. The Bertz CT molecular complexity index is 578. The zero-order valence-corrected chi connectivity index (χ0v) is 11.7. The van der Waals surface area contributed by atoms with Gasteiger partial charge in [0.15, 0.2) is 0 Å². The summed E-state index contributed by atoms with van der Waals surface area (Å²) >= 11 is 1.52. The molecule has 0 aliphatic carbocycles. The average molecular weight is 278 g/mol. The summed E-state index contributed by atoms with van der Waals surface area (Å²) in [7, 11) is 0. The normalized spacial score (nSPS) is 10.5. The van der Waals surface area contributed by atoms with Gasteiger partial charge in [0, 0.05) is 11.4 Å². The third-order valence-electron chi connectivity index (χ3n) is 2.73. The van der Waals surface area contributed by atoms with Crippen LogP contribution in [0, 0.1) is 19.7 Å². The van der Waals surface area contributed by atoms with Gasteiger partial charge in [-0.15, -0.1) is 11.3 Å². The highest BCUT2D eigenvalue weighted by molar-refractivity contribution is 7.11. The Kier molecular flexibility index (Phi) is 4.27. The minimum absolute atomic E-state index is 0.149. The number of nitrogens with one attached hydrogen (secondary N) is 1. The topological polar surface area (TPSA) is 42.0 Å². The number of nitrogens with zero attached hydrogens (tertiary/aromatic N) is 1. The quantitative estimate of drug-likeness (QED) is 0.934. The van der Waals surface area contributed by atoms with Crippen LogP contribution in [0.2, 0.25) is 0 Å². The molecule has 0 aliphatic heterocycles. The van der Waals surface area contributed by atoms with Gasteiger partial charge in [-0.3, -0.25) is 4.79 Å². The summed E-state index contributed by atoms with van der Waals surface area (Å²) in [5.41, 5.74) is 1.49. The van der Waals surface area contributed by atoms with E-state index in [4.69, 9.17) is 0 Å². The Morgan fingerprint density at radius 3 is 2.58 bits per heavy atom. The fourth-order valence-electron chi connectivity index (χ4n) is 1.79. The van der Waals surface area contributed by atoms with Crippen LogP contribution in [0.15, 0.2) is 24.3 Å². The summed E-state index contributed by atoms with van der Waals surface area (Å²) in [4.78, 5) is 17.0. The summed E-state index contributed by atoms with van der Waals surface area (Å²) in [6.07, 6.45) is 0.675. The second kappa shape index (κ2) is 5.93. The van der Waals surface area contributed by atoms with E-state index in [0.717, 1.165) is 15.4 Å². The van der Waals surface area contributed by atoms with Crippen molar-refractivity contribution in [3.63, 3.8) is 0 Å². The first-order chi connectivity index (χ1) is 9.06. The molecular weight excluding hydrogens is 263 g/mol. The SMILES string of the molecule is Cc1nc(C(=O)NCCc2ccc(F)cc2)c(C)s1. The number of benzene rings is 1. The molecule has 0 radical (unpaired) electrons. The summed E-state index contributed by atoms with van der Waals surface area (Å²) < 4.78 is 12.7. The minimum atomic E-state index is -0.249. The van der Waals surface area contributed by atoms with Gasteiger partial charge in [0.05, 0.1) is 5.01 Å². The number of hydrogen-bond donors (Lipinski definition) is 1. The Balaban J connectivity index is 1.87. The zero-order valence-electron chi connectivity index (χ0n) is 10.9. The van der Waals surface area contributed by atoms with Crippen molar-refractivity contribution in [2.75, 3.05) is 6.54 Å². The van der Waals surface area contributed by atoms with Crippen molar-refractivity contribution in [1.82, 2.24) is 10.3 Å². The first-order valence-corrected chi connectivity index (χ1v) is 6.84. The monoisotopic (exact) mass is 278 g/mol. The fourth-order valence-corrected chi connectivity index (χ4v) is 2.61. The van der Waals surface area contributed by atoms with Crippen LogP contribution in [-0.4, -0.2) is 17.4 Å². The summed E-state index contributed by atoms with van der Waals surface area (Å²) in [5.74, 6) is -0.398. The lowest BCUT2D eigenvalue weighted by Crippen LogP contribution is -2.26. The third kappa shape index (κ3) is 3.61. The van der Waals surface area contributed by atoms with Crippen LogP contribution in [0.4, 0.5) is 4.39 Å². The molecule has 0 spiro atoms. The van der Waals surface area contributed by atoms with E-state index in [2.05, 4.69) is 10.3 Å². The molecule has 0 unspecified atom stereocenters. The van der Waals surface area contributed by atoms with Gasteiger partial charge in [-0.25, -0.2) is 9.37 Å². The number of hydrogen-bond acceptors (Lipinski definition) is 3. The highest BCUT2D eigenvalue weighted by Crippen LogP contribution is 2.16. The van der Waals surface area contributed by atoms with Crippen LogP contribution in [0.25, 0.3) is 0 Å². The van der Waals surface area contributed by atoms with Crippen LogP contribution in [0.5, 0.6) is 0 Å². The maximum Gasteiger partial charge on any atom is 0.271 e. The smallest absolute Gasteiger partial charge is 0.271 e. The number of halogens is 1.